The molecular weight excluding hydrogens is 132 g/mol. The highest BCUT2D eigenvalue weighted by Gasteiger charge is 2.38. The third-order valence-corrected chi connectivity index (χ3v) is 1.76. The highest BCUT2D eigenvalue weighted by atomic mass is 16.4. The molecule has 2 N–H and O–H groups in total. The van der Waals surface area contributed by atoms with E-state index in [1.807, 2.05) is 6.92 Å². The quantitative estimate of drug-likeness (QED) is 0.525. The van der Waals surface area contributed by atoms with Crippen molar-refractivity contribution in [2.45, 2.75) is 25.4 Å². The Morgan fingerprint density at radius 1 is 1.80 bits per heavy atom. The molecule has 1 atom stereocenters. The maximum absolute atomic E-state index is 10.4. The number of aliphatic carboxylic acids is 1. The molecule has 3 heteroatoms. The third kappa shape index (κ3) is 1.04. The van der Waals surface area contributed by atoms with Gasteiger partial charge in [0.25, 0.3) is 0 Å². The van der Waals surface area contributed by atoms with Gasteiger partial charge in [-0.05, 0) is 6.92 Å². The summed E-state index contributed by atoms with van der Waals surface area (Å²) in [6.45, 7) is 1.82. The second-order valence-corrected chi connectivity index (χ2v) is 2.77. The second-order valence-electron chi connectivity index (χ2n) is 2.77. The molecule has 10 heavy (non-hydrogen) atoms. The molecule has 0 spiro atoms. The standard InChI is InChI=1S/C7H10O3/c1-5-2-3-7(10,4-5)6(8)9/h2,10H,3-4H2,1H3,(H,8,9). The first-order valence-electron chi connectivity index (χ1n) is 3.16. The van der Waals surface area contributed by atoms with Crippen LogP contribution >= 0.6 is 0 Å². The smallest absolute Gasteiger partial charge is 0.336 e. The number of hydrogen-bond acceptors (Lipinski definition) is 2. The van der Waals surface area contributed by atoms with Gasteiger partial charge in [-0.15, -0.1) is 0 Å². The van der Waals surface area contributed by atoms with Gasteiger partial charge < -0.3 is 10.2 Å². The van der Waals surface area contributed by atoms with E-state index >= 15 is 0 Å². The van der Waals surface area contributed by atoms with Crippen LogP contribution < -0.4 is 0 Å². The predicted octanol–water partition coefficient (Wildman–Crippen LogP) is 0.542. The molecule has 0 fully saturated rings. The van der Waals surface area contributed by atoms with Crippen LogP contribution in [0.2, 0.25) is 0 Å². The van der Waals surface area contributed by atoms with Gasteiger partial charge in [0, 0.05) is 12.8 Å². The number of carboxylic acids is 1. The molecular formula is C7H10O3. The van der Waals surface area contributed by atoms with Gasteiger partial charge in [-0.2, -0.15) is 0 Å². The zero-order chi connectivity index (χ0) is 7.78. The lowest BCUT2D eigenvalue weighted by Crippen LogP contribution is -2.35. The lowest BCUT2D eigenvalue weighted by molar-refractivity contribution is -0.157. The summed E-state index contributed by atoms with van der Waals surface area (Å²) < 4.78 is 0. The zero-order valence-corrected chi connectivity index (χ0v) is 5.79. The molecule has 1 aliphatic rings. The summed E-state index contributed by atoms with van der Waals surface area (Å²) in [5, 5.41) is 17.8. The number of carboxylic acid groups (broad SMARTS) is 1. The van der Waals surface area contributed by atoms with Gasteiger partial charge >= 0.3 is 5.97 Å². The van der Waals surface area contributed by atoms with Crippen molar-refractivity contribution in [2.75, 3.05) is 0 Å². The molecule has 56 valence electrons. The molecule has 1 aliphatic carbocycles. The Hall–Kier alpha value is -0.830. The fourth-order valence-electron chi connectivity index (χ4n) is 1.11. The molecule has 0 saturated carbocycles. The molecule has 0 saturated heterocycles. The normalized spacial score (nSPS) is 32.0. The minimum Gasteiger partial charge on any atom is -0.479 e. The van der Waals surface area contributed by atoms with Crippen LogP contribution in [0.5, 0.6) is 0 Å². The number of rotatable bonds is 1. The van der Waals surface area contributed by atoms with Crippen LogP contribution in [0.3, 0.4) is 0 Å². The summed E-state index contributed by atoms with van der Waals surface area (Å²) in [6, 6.07) is 0. The van der Waals surface area contributed by atoms with E-state index in [1.54, 1.807) is 6.08 Å². The molecule has 0 aromatic heterocycles. The Morgan fingerprint density at radius 3 is 2.60 bits per heavy atom. The van der Waals surface area contributed by atoms with Crippen molar-refractivity contribution in [1.29, 1.82) is 0 Å². The van der Waals surface area contributed by atoms with Crippen molar-refractivity contribution in [2.24, 2.45) is 0 Å². The predicted molar refractivity (Wildman–Crippen MR) is 35.6 cm³/mol. The SMILES string of the molecule is CC1=CCC(O)(C(=O)O)C1. The summed E-state index contributed by atoms with van der Waals surface area (Å²) in [6.07, 6.45) is 2.27. The molecule has 0 aromatic carbocycles. The van der Waals surface area contributed by atoms with Crippen molar-refractivity contribution in [3.8, 4) is 0 Å². The first-order valence-corrected chi connectivity index (χ1v) is 3.16. The molecule has 0 amide bonds. The van der Waals surface area contributed by atoms with Crippen LogP contribution in [0.15, 0.2) is 11.6 Å². The van der Waals surface area contributed by atoms with Gasteiger partial charge in [-0.3, -0.25) is 0 Å². The lowest BCUT2D eigenvalue weighted by atomic mass is 10.0. The first-order chi connectivity index (χ1) is 4.54. The fourth-order valence-corrected chi connectivity index (χ4v) is 1.11. The maximum Gasteiger partial charge on any atom is 0.336 e. The summed E-state index contributed by atoms with van der Waals surface area (Å²) in [4.78, 5) is 10.4. The van der Waals surface area contributed by atoms with Crippen LogP contribution in [-0.2, 0) is 4.79 Å². The van der Waals surface area contributed by atoms with Crippen molar-refractivity contribution in [3.63, 3.8) is 0 Å². The van der Waals surface area contributed by atoms with Gasteiger partial charge in [-0.25, -0.2) is 4.79 Å². The van der Waals surface area contributed by atoms with Crippen LogP contribution in [-0.4, -0.2) is 21.8 Å². The van der Waals surface area contributed by atoms with Gasteiger partial charge in [0.2, 0.25) is 0 Å². The van der Waals surface area contributed by atoms with Gasteiger partial charge in [-0.1, -0.05) is 11.6 Å². The Labute approximate surface area is 59.0 Å². The van der Waals surface area contributed by atoms with Crippen molar-refractivity contribution in [3.05, 3.63) is 11.6 Å². The molecule has 0 heterocycles. The van der Waals surface area contributed by atoms with Crippen LogP contribution in [0, 0.1) is 0 Å². The minimum atomic E-state index is -1.51. The Balaban J connectivity index is 2.70. The van der Waals surface area contributed by atoms with E-state index < -0.39 is 11.6 Å². The van der Waals surface area contributed by atoms with Crippen molar-refractivity contribution < 1.29 is 15.0 Å². The Bertz CT molecular complexity index is 195. The van der Waals surface area contributed by atoms with E-state index in [1.165, 1.54) is 0 Å². The molecule has 1 unspecified atom stereocenters. The van der Waals surface area contributed by atoms with Crippen LogP contribution in [0.25, 0.3) is 0 Å². The summed E-state index contributed by atoms with van der Waals surface area (Å²) in [5.74, 6) is -1.12. The van der Waals surface area contributed by atoms with Crippen molar-refractivity contribution >= 4 is 5.97 Å². The van der Waals surface area contributed by atoms with E-state index in [-0.39, 0.29) is 12.8 Å². The fraction of sp³-hybridized carbons (Fsp3) is 0.571. The number of hydrogen-bond donors (Lipinski definition) is 2. The molecule has 0 aliphatic heterocycles. The molecule has 0 radical (unpaired) electrons. The van der Waals surface area contributed by atoms with E-state index in [4.69, 9.17) is 5.11 Å². The molecule has 0 bridgehead atoms. The highest BCUT2D eigenvalue weighted by molar-refractivity contribution is 5.78. The van der Waals surface area contributed by atoms with E-state index in [0.29, 0.717) is 0 Å². The van der Waals surface area contributed by atoms with Gasteiger partial charge in [0.15, 0.2) is 5.60 Å². The zero-order valence-electron chi connectivity index (χ0n) is 5.79. The minimum absolute atomic E-state index is 0.244. The molecule has 0 aromatic rings. The average molecular weight is 142 g/mol. The number of carbonyl (C=O) groups is 1. The first kappa shape index (κ1) is 7.28. The third-order valence-electron chi connectivity index (χ3n) is 1.76. The summed E-state index contributed by atoms with van der Waals surface area (Å²) in [7, 11) is 0. The topological polar surface area (TPSA) is 57.5 Å². The van der Waals surface area contributed by atoms with Crippen LogP contribution in [0.1, 0.15) is 19.8 Å². The van der Waals surface area contributed by atoms with E-state index in [2.05, 4.69) is 0 Å². The Morgan fingerprint density at radius 2 is 2.40 bits per heavy atom. The van der Waals surface area contributed by atoms with E-state index in [0.717, 1.165) is 5.57 Å². The Kier molecular flexibility index (Phi) is 1.52. The van der Waals surface area contributed by atoms with Gasteiger partial charge in [0.05, 0.1) is 0 Å². The summed E-state index contributed by atoms with van der Waals surface area (Å²) in [5.41, 5.74) is -0.561. The highest BCUT2D eigenvalue weighted by Crippen LogP contribution is 2.28. The second kappa shape index (κ2) is 2.09. The number of aliphatic hydroxyl groups is 1. The average Bonchev–Trinajstić information content (AvgIpc) is 2.13. The van der Waals surface area contributed by atoms with Crippen molar-refractivity contribution in [1.82, 2.24) is 0 Å². The van der Waals surface area contributed by atoms with E-state index in [9.17, 15) is 9.90 Å². The lowest BCUT2D eigenvalue weighted by Gasteiger charge is -2.15. The summed E-state index contributed by atoms with van der Waals surface area (Å²) >= 11 is 0. The van der Waals surface area contributed by atoms with Gasteiger partial charge in [0.1, 0.15) is 0 Å². The monoisotopic (exact) mass is 142 g/mol. The molecule has 3 nitrogen and oxygen atoms in total. The largest absolute Gasteiger partial charge is 0.479 e. The molecule has 1 rings (SSSR count). The van der Waals surface area contributed by atoms with Crippen LogP contribution in [0.4, 0.5) is 0 Å². The maximum atomic E-state index is 10.4.